The highest BCUT2D eigenvalue weighted by Crippen LogP contribution is 2.11. The molecular formula is C10H14N2O3. The van der Waals surface area contributed by atoms with E-state index in [1.165, 1.54) is 4.68 Å². The maximum atomic E-state index is 11.4. The van der Waals surface area contributed by atoms with Crippen molar-refractivity contribution in [1.29, 1.82) is 0 Å². The van der Waals surface area contributed by atoms with Crippen LogP contribution in [0.1, 0.15) is 36.1 Å². The molecule has 1 aromatic heterocycles. The molecule has 1 heterocycles. The molecule has 0 amide bonds. The first-order valence-corrected chi connectivity index (χ1v) is 4.78. The van der Waals surface area contributed by atoms with E-state index in [0.29, 0.717) is 18.6 Å². The van der Waals surface area contributed by atoms with E-state index in [-0.39, 0.29) is 5.97 Å². The van der Waals surface area contributed by atoms with Gasteiger partial charge in [-0.2, -0.15) is 5.10 Å². The number of aldehydes is 1. The summed E-state index contributed by atoms with van der Waals surface area (Å²) in [6, 6.07) is 1.13. The van der Waals surface area contributed by atoms with Crippen molar-refractivity contribution >= 4 is 12.3 Å². The highest BCUT2D eigenvalue weighted by Gasteiger charge is 2.19. The zero-order valence-corrected chi connectivity index (χ0v) is 9.06. The van der Waals surface area contributed by atoms with Crippen molar-refractivity contribution in [3.63, 3.8) is 0 Å². The molecule has 0 N–H and O–H groups in total. The molecule has 5 heteroatoms. The van der Waals surface area contributed by atoms with Crippen LogP contribution in [-0.2, 0) is 9.53 Å². The average molecular weight is 210 g/mol. The normalized spacial score (nSPS) is 12.2. The molecule has 1 rings (SSSR count). The molecular weight excluding hydrogens is 196 g/mol. The van der Waals surface area contributed by atoms with Gasteiger partial charge in [-0.05, 0) is 26.8 Å². The van der Waals surface area contributed by atoms with Gasteiger partial charge in [-0.25, -0.2) is 4.79 Å². The van der Waals surface area contributed by atoms with Crippen molar-refractivity contribution < 1.29 is 14.3 Å². The van der Waals surface area contributed by atoms with Gasteiger partial charge in [-0.1, -0.05) is 0 Å². The van der Waals surface area contributed by atoms with Crippen LogP contribution in [0.3, 0.4) is 0 Å². The second-order valence-electron chi connectivity index (χ2n) is 3.20. The Balaban J connectivity index is 2.89. The van der Waals surface area contributed by atoms with E-state index in [1.54, 1.807) is 26.8 Å². The van der Waals surface area contributed by atoms with E-state index in [9.17, 15) is 9.59 Å². The van der Waals surface area contributed by atoms with Crippen LogP contribution in [0.25, 0.3) is 0 Å². The Labute approximate surface area is 88.0 Å². The minimum atomic E-state index is -0.501. The number of hydrogen-bond donors (Lipinski definition) is 0. The Morgan fingerprint density at radius 2 is 2.40 bits per heavy atom. The highest BCUT2D eigenvalue weighted by molar-refractivity contribution is 5.75. The molecule has 0 aliphatic heterocycles. The Hall–Kier alpha value is -1.65. The van der Waals surface area contributed by atoms with Crippen molar-refractivity contribution in [2.24, 2.45) is 0 Å². The quantitative estimate of drug-likeness (QED) is 0.552. The lowest BCUT2D eigenvalue weighted by Gasteiger charge is -2.12. The maximum absolute atomic E-state index is 11.4. The van der Waals surface area contributed by atoms with Gasteiger partial charge in [0.2, 0.25) is 0 Å². The molecule has 1 atom stereocenters. The summed E-state index contributed by atoms with van der Waals surface area (Å²) < 4.78 is 6.36. The Kier molecular flexibility index (Phi) is 3.60. The summed E-state index contributed by atoms with van der Waals surface area (Å²) in [6.07, 6.45) is 0.654. The zero-order valence-electron chi connectivity index (χ0n) is 9.06. The van der Waals surface area contributed by atoms with E-state index < -0.39 is 6.04 Å². The molecule has 0 radical (unpaired) electrons. The monoisotopic (exact) mass is 210 g/mol. The number of ether oxygens (including phenoxy) is 1. The van der Waals surface area contributed by atoms with Crippen LogP contribution in [0.5, 0.6) is 0 Å². The Morgan fingerprint density at radius 3 is 2.87 bits per heavy atom. The number of nitrogens with zero attached hydrogens (tertiary/aromatic N) is 2. The molecule has 1 unspecified atom stereocenters. The lowest BCUT2D eigenvalue weighted by Crippen LogP contribution is -2.21. The molecule has 0 saturated carbocycles. The van der Waals surface area contributed by atoms with E-state index in [4.69, 9.17) is 4.74 Å². The van der Waals surface area contributed by atoms with Crippen molar-refractivity contribution in [2.75, 3.05) is 6.61 Å². The average Bonchev–Trinajstić information content (AvgIpc) is 2.59. The number of aromatic nitrogens is 2. The van der Waals surface area contributed by atoms with Gasteiger partial charge in [0.05, 0.1) is 6.61 Å². The molecule has 0 aromatic carbocycles. The molecule has 0 spiro atoms. The van der Waals surface area contributed by atoms with Gasteiger partial charge in [0.25, 0.3) is 0 Å². The van der Waals surface area contributed by atoms with Crippen LogP contribution in [0.15, 0.2) is 6.07 Å². The molecule has 0 aliphatic rings. The first kappa shape index (κ1) is 11.4. The number of rotatable bonds is 4. The second kappa shape index (κ2) is 4.72. The van der Waals surface area contributed by atoms with Crippen LogP contribution in [-0.4, -0.2) is 28.6 Å². The third-order valence-corrected chi connectivity index (χ3v) is 2.06. The summed E-state index contributed by atoms with van der Waals surface area (Å²) >= 11 is 0. The van der Waals surface area contributed by atoms with E-state index in [0.717, 1.165) is 5.69 Å². The fraction of sp³-hybridized carbons (Fsp3) is 0.500. The molecule has 82 valence electrons. The number of aryl methyl sites for hydroxylation is 1. The van der Waals surface area contributed by atoms with Crippen LogP contribution in [0.4, 0.5) is 0 Å². The molecule has 5 nitrogen and oxygen atoms in total. The zero-order chi connectivity index (χ0) is 11.4. The lowest BCUT2D eigenvalue weighted by molar-refractivity contribution is -0.146. The van der Waals surface area contributed by atoms with Crippen molar-refractivity contribution in [3.8, 4) is 0 Å². The van der Waals surface area contributed by atoms with Crippen LogP contribution < -0.4 is 0 Å². The van der Waals surface area contributed by atoms with E-state index in [2.05, 4.69) is 5.10 Å². The van der Waals surface area contributed by atoms with Crippen LogP contribution in [0.2, 0.25) is 0 Å². The van der Waals surface area contributed by atoms with Gasteiger partial charge in [0.1, 0.15) is 11.7 Å². The number of carbonyl (C=O) groups is 2. The first-order chi connectivity index (χ1) is 7.10. The summed E-state index contributed by atoms with van der Waals surface area (Å²) in [6.45, 7) is 5.56. The third-order valence-electron chi connectivity index (χ3n) is 2.06. The summed E-state index contributed by atoms with van der Waals surface area (Å²) in [5, 5.41) is 3.98. The Morgan fingerprint density at radius 1 is 1.73 bits per heavy atom. The number of carbonyl (C=O) groups excluding carboxylic acids is 2. The summed E-state index contributed by atoms with van der Waals surface area (Å²) in [4.78, 5) is 21.9. The molecule has 0 fully saturated rings. The third kappa shape index (κ3) is 2.43. The minimum Gasteiger partial charge on any atom is -0.464 e. The molecule has 0 saturated heterocycles. The first-order valence-electron chi connectivity index (χ1n) is 4.78. The number of hydrogen-bond acceptors (Lipinski definition) is 4. The van der Waals surface area contributed by atoms with Gasteiger partial charge in [0.15, 0.2) is 6.29 Å². The summed E-state index contributed by atoms with van der Waals surface area (Å²) in [5.41, 5.74) is 1.08. The van der Waals surface area contributed by atoms with Crippen molar-refractivity contribution in [2.45, 2.75) is 26.8 Å². The molecule has 1 aromatic rings. The summed E-state index contributed by atoms with van der Waals surface area (Å²) in [7, 11) is 0. The van der Waals surface area contributed by atoms with Gasteiger partial charge in [0, 0.05) is 5.69 Å². The van der Waals surface area contributed by atoms with Crippen molar-refractivity contribution in [3.05, 3.63) is 17.5 Å². The second-order valence-corrected chi connectivity index (χ2v) is 3.20. The van der Waals surface area contributed by atoms with Gasteiger partial charge < -0.3 is 4.74 Å². The minimum absolute atomic E-state index is 0.323. The van der Waals surface area contributed by atoms with E-state index in [1.807, 2.05) is 0 Å². The smallest absolute Gasteiger partial charge is 0.330 e. The fourth-order valence-electron chi connectivity index (χ4n) is 1.32. The summed E-state index contributed by atoms with van der Waals surface area (Å²) in [5.74, 6) is -0.346. The van der Waals surface area contributed by atoms with Crippen LogP contribution in [0, 0.1) is 6.92 Å². The molecule has 0 aliphatic carbocycles. The van der Waals surface area contributed by atoms with Crippen LogP contribution >= 0.6 is 0 Å². The highest BCUT2D eigenvalue weighted by atomic mass is 16.5. The lowest BCUT2D eigenvalue weighted by atomic mass is 10.3. The maximum Gasteiger partial charge on any atom is 0.330 e. The Bertz CT molecular complexity index is 371. The SMILES string of the molecule is CCOC(=O)C(C)n1nc(C=O)cc1C. The standard InChI is InChI=1S/C10H14N2O3/c1-4-15-10(14)8(3)12-7(2)5-9(6-13)11-12/h5-6,8H,4H2,1-3H3. The fourth-order valence-corrected chi connectivity index (χ4v) is 1.32. The van der Waals surface area contributed by atoms with Gasteiger partial charge in [-0.3, -0.25) is 9.48 Å². The largest absolute Gasteiger partial charge is 0.464 e. The molecule has 15 heavy (non-hydrogen) atoms. The predicted molar refractivity (Wildman–Crippen MR) is 53.7 cm³/mol. The topological polar surface area (TPSA) is 61.2 Å². The van der Waals surface area contributed by atoms with Gasteiger partial charge in [-0.15, -0.1) is 0 Å². The van der Waals surface area contributed by atoms with Crippen molar-refractivity contribution in [1.82, 2.24) is 9.78 Å². The predicted octanol–water partition coefficient (Wildman–Crippen LogP) is 1.13. The van der Waals surface area contributed by atoms with E-state index >= 15 is 0 Å². The number of esters is 1. The molecule has 0 bridgehead atoms. The van der Waals surface area contributed by atoms with Gasteiger partial charge >= 0.3 is 5.97 Å².